The fourth-order valence-corrected chi connectivity index (χ4v) is 5.77. The Balaban J connectivity index is 2.47. The van der Waals surface area contributed by atoms with Gasteiger partial charge in [0.05, 0.1) is 25.0 Å². The highest BCUT2D eigenvalue weighted by molar-refractivity contribution is 5.83. The van der Waals surface area contributed by atoms with Crippen molar-refractivity contribution in [2.24, 2.45) is 40.7 Å². The van der Waals surface area contributed by atoms with Gasteiger partial charge in [0.15, 0.2) is 11.5 Å². The zero-order valence-electron chi connectivity index (χ0n) is 32.0. The molecule has 2 aromatic carbocycles. The number of amides is 2. The van der Waals surface area contributed by atoms with Gasteiger partial charge < -0.3 is 34.7 Å². The van der Waals surface area contributed by atoms with E-state index in [1.807, 2.05) is 62.4 Å². The van der Waals surface area contributed by atoms with Crippen LogP contribution in [0.4, 0.5) is 0 Å². The third kappa shape index (κ3) is 14.6. The van der Waals surface area contributed by atoms with Gasteiger partial charge in [-0.05, 0) is 74.1 Å². The molecule has 0 aliphatic rings. The van der Waals surface area contributed by atoms with Gasteiger partial charge >= 0.3 is 11.9 Å². The predicted molar refractivity (Wildman–Crippen MR) is 196 cm³/mol. The summed E-state index contributed by atoms with van der Waals surface area (Å²) < 4.78 is 28.5. The van der Waals surface area contributed by atoms with Crippen LogP contribution in [-0.2, 0) is 46.4 Å². The van der Waals surface area contributed by atoms with Crippen molar-refractivity contribution < 1.29 is 42.9 Å². The van der Waals surface area contributed by atoms with Crippen molar-refractivity contribution in [2.45, 2.75) is 86.9 Å². The maximum absolute atomic E-state index is 14.1. The molecule has 3 N–H and O–H groups in total. The van der Waals surface area contributed by atoms with Gasteiger partial charge in [0.2, 0.25) is 11.8 Å². The van der Waals surface area contributed by atoms with E-state index in [0.717, 1.165) is 17.5 Å². The molecule has 0 radical (unpaired) electrons. The van der Waals surface area contributed by atoms with E-state index in [0.29, 0.717) is 37.6 Å². The van der Waals surface area contributed by atoms with Crippen LogP contribution >= 0.6 is 0 Å². The smallest absolute Gasteiger partial charge is 0.313 e. The Morgan fingerprint density at radius 1 is 0.843 bits per heavy atom. The minimum absolute atomic E-state index is 0.0422. The first-order chi connectivity index (χ1) is 24.1. The lowest BCUT2D eigenvalue weighted by Gasteiger charge is -2.33. The highest BCUT2D eigenvalue weighted by Gasteiger charge is 2.39. The highest BCUT2D eigenvalue weighted by atomic mass is 16.6. The second kappa shape index (κ2) is 21.3. The third-order valence-electron chi connectivity index (χ3n) is 9.27. The molecular weight excluding hydrogens is 652 g/mol. The van der Waals surface area contributed by atoms with Crippen LogP contribution in [0.1, 0.15) is 78.9 Å². The average molecular weight is 713 g/mol. The number of esters is 2. The van der Waals surface area contributed by atoms with Gasteiger partial charge in [0.25, 0.3) is 0 Å². The molecule has 4 unspecified atom stereocenters. The van der Waals surface area contributed by atoms with Crippen molar-refractivity contribution in [3.8, 4) is 11.5 Å². The van der Waals surface area contributed by atoms with Gasteiger partial charge in [0.1, 0.15) is 12.7 Å². The molecule has 0 bridgehead atoms. The number of carbonyl (C=O) groups excluding carboxylic acids is 4. The molecule has 4 atom stereocenters. The van der Waals surface area contributed by atoms with E-state index in [1.54, 1.807) is 28.1 Å². The van der Waals surface area contributed by atoms with E-state index in [9.17, 15) is 19.2 Å². The Bertz CT molecular complexity index is 1390. The molecule has 0 saturated carbocycles. The van der Waals surface area contributed by atoms with Crippen LogP contribution in [0.25, 0.3) is 0 Å². The van der Waals surface area contributed by atoms with Gasteiger partial charge in [0, 0.05) is 39.5 Å². The Morgan fingerprint density at radius 2 is 1.53 bits per heavy atom. The zero-order chi connectivity index (χ0) is 38.1. The van der Waals surface area contributed by atoms with E-state index in [-0.39, 0.29) is 43.2 Å². The minimum atomic E-state index is -0.961. The Hall–Kier alpha value is -4.12. The van der Waals surface area contributed by atoms with Gasteiger partial charge in [-0.2, -0.15) is 0 Å². The molecule has 284 valence electrons. The lowest BCUT2D eigenvalue weighted by atomic mass is 9.77. The summed E-state index contributed by atoms with van der Waals surface area (Å²) >= 11 is 0. The van der Waals surface area contributed by atoms with Crippen LogP contribution in [0.5, 0.6) is 11.5 Å². The first-order valence-electron chi connectivity index (χ1n) is 17.8. The third-order valence-corrected chi connectivity index (χ3v) is 9.27. The number of methoxy groups -OCH3 is 2. The molecule has 0 aromatic heterocycles. The minimum Gasteiger partial charge on any atom is -0.493 e. The number of carbonyl (C=O) groups is 4. The average Bonchev–Trinajstić information content (AvgIpc) is 3.08. The number of nitrogens with one attached hydrogen (secondary N) is 1. The summed E-state index contributed by atoms with van der Waals surface area (Å²) in [5.41, 5.74) is 6.39. The predicted octanol–water partition coefficient (Wildman–Crippen LogP) is 5.90. The van der Waals surface area contributed by atoms with Gasteiger partial charge in [-0.25, -0.2) is 0 Å². The number of ether oxygens (including phenoxy) is 5. The number of rotatable bonds is 23. The molecule has 11 heteroatoms. The number of hydrogen-bond donors (Lipinski definition) is 2. The Labute approximate surface area is 304 Å². The largest absolute Gasteiger partial charge is 0.493 e. The van der Waals surface area contributed by atoms with Crippen molar-refractivity contribution >= 4 is 23.8 Å². The lowest BCUT2D eigenvalue weighted by Crippen LogP contribution is -2.46. The summed E-state index contributed by atoms with van der Waals surface area (Å²) in [7, 11) is 3.24. The van der Waals surface area contributed by atoms with Gasteiger partial charge in [-0.1, -0.05) is 64.1 Å². The van der Waals surface area contributed by atoms with Gasteiger partial charge in [-0.15, -0.1) is 0 Å². The highest BCUT2D eigenvalue weighted by Crippen LogP contribution is 2.35. The Kier molecular flexibility index (Phi) is 18.0. The second-order valence-electron chi connectivity index (χ2n) is 14.5. The van der Waals surface area contributed by atoms with E-state index < -0.39 is 41.2 Å². The standard InChI is InChI=1S/C40H60N2O9/c1-26(2)31(20-30-16-17-34(48-9)36(21-30)49-19-13-18-47-8)22-33(38(45)50-24-29-14-11-10-12-15-29)35(51-28(5)43)23-32(27(3)4)37(44)42-25-40(6,7)39(41)46/h10-12,14-17,21,26-27,31-33,35H,13,18-20,22-25H2,1-9H3,(H2,41,46)(H,42,44). The maximum Gasteiger partial charge on any atom is 0.313 e. The fourth-order valence-electron chi connectivity index (χ4n) is 5.77. The van der Waals surface area contributed by atoms with E-state index in [4.69, 9.17) is 29.4 Å². The monoisotopic (exact) mass is 712 g/mol. The van der Waals surface area contributed by atoms with Crippen molar-refractivity contribution in [2.75, 3.05) is 34.0 Å². The zero-order valence-corrected chi connectivity index (χ0v) is 32.0. The molecule has 0 spiro atoms. The topological polar surface area (TPSA) is 152 Å². The summed E-state index contributed by atoms with van der Waals surface area (Å²) in [5.74, 6) is -2.30. The van der Waals surface area contributed by atoms with Crippen LogP contribution in [0.15, 0.2) is 48.5 Å². The molecule has 51 heavy (non-hydrogen) atoms. The summed E-state index contributed by atoms with van der Waals surface area (Å²) in [6, 6.07) is 15.2. The van der Waals surface area contributed by atoms with Crippen LogP contribution in [0, 0.1) is 35.0 Å². The lowest BCUT2D eigenvalue weighted by molar-refractivity contribution is -0.165. The molecule has 0 heterocycles. The van der Waals surface area contributed by atoms with Crippen LogP contribution in [0.3, 0.4) is 0 Å². The molecule has 2 amide bonds. The summed E-state index contributed by atoms with van der Waals surface area (Å²) in [6.07, 6.45) is 0.783. The molecule has 0 fully saturated rings. The van der Waals surface area contributed by atoms with Crippen LogP contribution in [0.2, 0.25) is 0 Å². The van der Waals surface area contributed by atoms with Gasteiger partial charge in [-0.3, -0.25) is 19.2 Å². The summed E-state index contributed by atoms with van der Waals surface area (Å²) in [6.45, 7) is 13.7. The normalized spacial score (nSPS) is 13.9. The Morgan fingerprint density at radius 3 is 2.10 bits per heavy atom. The number of hydrogen-bond acceptors (Lipinski definition) is 9. The van der Waals surface area contributed by atoms with Crippen LogP contribution < -0.4 is 20.5 Å². The SMILES string of the molecule is COCCCOc1cc(CC(CC(C(=O)OCc2ccccc2)C(CC(C(=O)NCC(C)(C)C(N)=O)C(C)C)OC(C)=O)C(C)C)ccc1OC. The van der Waals surface area contributed by atoms with Crippen LogP contribution in [-0.4, -0.2) is 63.8 Å². The number of nitrogens with two attached hydrogens (primary N) is 1. The van der Waals surface area contributed by atoms with Crippen molar-refractivity contribution in [3.05, 3.63) is 59.7 Å². The van der Waals surface area contributed by atoms with E-state index in [1.165, 1.54) is 6.92 Å². The molecule has 11 nitrogen and oxygen atoms in total. The molecule has 0 aliphatic carbocycles. The first kappa shape index (κ1) is 43.0. The van der Waals surface area contributed by atoms with Crippen molar-refractivity contribution in [3.63, 3.8) is 0 Å². The fraction of sp³-hybridized carbons (Fsp3) is 0.600. The van der Waals surface area contributed by atoms with E-state index >= 15 is 0 Å². The first-order valence-corrected chi connectivity index (χ1v) is 17.8. The molecule has 0 aliphatic heterocycles. The number of benzene rings is 2. The maximum atomic E-state index is 14.1. The second-order valence-corrected chi connectivity index (χ2v) is 14.5. The summed E-state index contributed by atoms with van der Waals surface area (Å²) in [5, 5.41) is 2.86. The molecular formula is C40H60N2O9. The van der Waals surface area contributed by atoms with Crippen molar-refractivity contribution in [1.29, 1.82) is 0 Å². The molecule has 2 aromatic rings. The quantitative estimate of drug-likeness (QED) is 0.106. The van der Waals surface area contributed by atoms with Crippen molar-refractivity contribution in [1.82, 2.24) is 5.32 Å². The molecule has 0 saturated heterocycles. The summed E-state index contributed by atoms with van der Waals surface area (Å²) in [4.78, 5) is 52.2. The number of primary amides is 1. The molecule has 2 rings (SSSR count). The van der Waals surface area contributed by atoms with E-state index in [2.05, 4.69) is 19.2 Å².